The quantitative estimate of drug-likeness (QED) is 0.268. The van der Waals surface area contributed by atoms with Gasteiger partial charge in [-0.1, -0.05) is 18.2 Å². The van der Waals surface area contributed by atoms with E-state index < -0.39 is 12.0 Å². The molecule has 3 N–H and O–H groups in total. The van der Waals surface area contributed by atoms with Gasteiger partial charge in [-0.2, -0.15) is 0 Å². The molecule has 0 unspecified atom stereocenters. The number of benzene rings is 3. The van der Waals surface area contributed by atoms with E-state index in [-0.39, 0.29) is 35.9 Å². The molecule has 1 saturated heterocycles. The smallest absolute Gasteiger partial charge is 0.335 e. The van der Waals surface area contributed by atoms with Crippen LogP contribution >= 0.6 is 27.5 Å². The van der Waals surface area contributed by atoms with Gasteiger partial charge in [0.2, 0.25) is 5.91 Å². The highest BCUT2D eigenvalue weighted by Gasteiger charge is 2.34. The SMILES string of the molecule is COc1cc(CC(=O)N2C[C@H](Cl)C[C@H]2COc2ccc(C(=O)O)cc2)ccc1NC(=O)Nc1ccccc1Br. The molecule has 0 bridgehead atoms. The number of rotatable bonds is 9. The maximum absolute atomic E-state index is 13.2. The average molecular weight is 617 g/mol. The predicted molar refractivity (Wildman–Crippen MR) is 152 cm³/mol. The number of hydrogen-bond acceptors (Lipinski definition) is 5. The standard InChI is InChI=1S/C28H27BrClN3O6/c1-38-25-12-17(6-11-24(25)32-28(37)31-23-5-3-2-4-22(23)29)13-26(34)33-15-19(30)14-20(33)16-39-21-9-7-18(8-10-21)27(35)36/h2-12,19-20H,13-16H2,1H3,(H,35,36)(H2,31,32,37)/t19-,20+/m1/s1. The third-order valence-electron chi connectivity index (χ3n) is 6.22. The molecule has 204 valence electrons. The van der Waals surface area contributed by atoms with Crippen molar-refractivity contribution < 1.29 is 29.0 Å². The number of carbonyl (C=O) groups is 3. The van der Waals surface area contributed by atoms with Crippen molar-refractivity contribution in [2.24, 2.45) is 0 Å². The number of carboxylic acid groups (broad SMARTS) is 1. The number of alkyl halides is 1. The summed E-state index contributed by atoms with van der Waals surface area (Å²) in [7, 11) is 1.49. The number of ether oxygens (including phenoxy) is 2. The van der Waals surface area contributed by atoms with Crippen molar-refractivity contribution in [3.63, 3.8) is 0 Å². The number of likely N-dealkylation sites (tertiary alicyclic amines) is 1. The lowest BCUT2D eigenvalue weighted by atomic mass is 10.1. The second-order valence-electron chi connectivity index (χ2n) is 8.94. The lowest BCUT2D eigenvalue weighted by molar-refractivity contribution is -0.131. The maximum Gasteiger partial charge on any atom is 0.335 e. The number of methoxy groups -OCH3 is 1. The Kier molecular flexibility index (Phi) is 9.32. The normalized spacial score (nSPS) is 16.4. The minimum Gasteiger partial charge on any atom is -0.495 e. The zero-order chi connectivity index (χ0) is 27.9. The van der Waals surface area contributed by atoms with E-state index in [0.29, 0.717) is 35.8 Å². The summed E-state index contributed by atoms with van der Waals surface area (Å²) in [6.45, 7) is 0.637. The molecule has 0 aromatic heterocycles. The van der Waals surface area contributed by atoms with Crippen LogP contribution in [-0.2, 0) is 11.2 Å². The van der Waals surface area contributed by atoms with Crippen LogP contribution in [-0.4, -0.2) is 59.6 Å². The Morgan fingerprint density at radius 1 is 1.05 bits per heavy atom. The van der Waals surface area contributed by atoms with Gasteiger partial charge in [-0.25, -0.2) is 9.59 Å². The Morgan fingerprint density at radius 2 is 1.77 bits per heavy atom. The molecule has 3 aromatic carbocycles. The molecule has 9 nitrogen and oxygen atoms in total. The number of nitrogens with one attached hydrogen (secondary N) is 2. The molecule has 1 fully saturated rings. The summed E-state index contributed by atoms with van der Waals surface area (Å²) < 4.78 is 12.0. The summed E-state index contributed by atoms with van der Waals surface area (Å²) in [5, 5.41) is 14.4. The van der Waals surface area contributed by atoms with E-state index in [1.807, 2.05) is 18.2 Å². The number of anilines is 2. The molecule has 1 heterocycles. The Balaban J connectivity index is 1.37. The van der Waals surface area contributed by atoms with E-state index >= 15 is 0 Å². The van der Waals surface area contributed by atoms with Crippen LogP contribution < -0.4 is 20.1 Å². The third kappa shape index (κ3) is 7.42. The summed E-state index contributed by atoms with van der Waals surface area (Å²) in [5.74, 6) is -0.184. The average Bonchev–Trinajstić information content (AvgIpc) is 3.30. The minimum absolute atomic E-state index is 0.109. The van der Waals surface area contributed by atoms with E-state index in [1.54, 1.807) is 41.3 Å². The van der Waals surface area contributed by atoms with Crippen LogP contribution in [0.15, 0.2) is 71.2 Å². The van der Waals surface area contributed by atoms with Gasteiger partial charge < -0.3 is 30.1 Å². The number of carboxylic acids is 1. The number of para-hydroxylation sites is 1. The molecular formula is C28H27BrClN3O6. The van der Waals surface area contributed by atoms with Crippen LogP contribution in [0.4, 0.5) is 16.2 Å². The summed E-state index contributed by atoms with van der Waals surface area (Å²) in [5.41, 5.74) is 1.97. The van der Waals surface area contributed by atoms with E-state index in [9.17, 15) is 14.4 Å². The van der Waals surface area contributed by atoms with Crippen molar-refractivity contribution in [2.45, 2.75) is 24.3 Å². The maximum atomic E-state index is 13.2. The van der Waals surface area contributed by atoms with Crippen molar-refractivity contribution in [1.29, 1.82) is 0 Å². The van der Waals surface area contributed by atoms with Crippen molar-refractivity contribution in [3.05, 3.63) is 82.3 Å². The Bertz CT molecular complexity index is 1350. The van der Waals surface area contributed by atoms with Crippen molar-refractivity contribution in [1.82, 2.24) is 4.90 Å². The van der Waals surface area contributed by atoms with Crippen molar-refractivity contribution >= 4 is 56.8 Å². The van der Waals surface area contributed by atoms with Gasteiger partial charge in [-0.3, -0.25) is 4.79 Å². The highest BCUT2D eigenvalue weighted by Crippen LogP contribution is 2.29. The van der Waals surface area contributed by atoms with Crippen molar-refractivity contribution in [2.75, 3.05) is 30.9 Å². The summed E-state index contributed by atoms with van der Waals surface area (Å²) in [6.07, 6.45) is 0.701. The van der Waals surface area contributed by atoms with Crippen LogP contribution in [0.3, 0.4) is 0 Å². The fourth-order valence-electron chi connectivity index (χ4n) is 4.27. The second-order valence-corrected chi connectivity index (χ2v) is 10.4. The van der Waals surface area contributed by atoms with Crippen molar-refractivity contribution in [3.8, 4) is 11.5 Å². The number of aromatic carboxylic acids is 1. The number of nitrogens with zero attached hydrogens (tertiary/aromatic N) is 1. The van der Waals surface area contributed by atoms with Gasteiger partial charge in [0.05, 0.1) is 41.9 Å². The lowest BCUT2D eigenvalue weighted by Gasteiger charge is -2.25. The van der Waals surface area contributed by atoms with Gasteiger partial charge >= 0.3 is 12.0 Å². The minimum atomic E-state index is -1.01. The first-order chi connectivity index (χ1) is 18.7. The number of amides is 3. The molecule has 11 heteroatoms. The van der Waals surface area contributed by atoms with E-state index in [0.717, 1.165) is 10.0 Å². The van der Waals surface area contributed by atoms with Gasteiger partial charge in [-0.15, -0.1) is 11.6 Å². The van der Waals surface area contributed by atoms with Crippen LogP contribution in [0.25, 0.3) is 0 Å². The summed E-state index contributed by atoms with van der Waals surface area (Å²) in [6, 6.07) is 17.9. The molecular weight excluding hydrogens is 590 g/mol. The number of halogens is 2. The zero-order valence-electron chi connectivity index (χ0n) is 21.0. The lowest BCUT2D eigenvalue weighted by Crippen LogP contribution is -2.40. The first-order valence-corrected chi connectivity index (χ1v) is 13.4. The van der Waals surface area contributed by atoms with Gasteiger partial charge in [0, 0.05) is 11.0 Å². The molecule has 3 amide bonds. The van der Waals surface area contributed by atoms with Crippen LogP contribution in [0.2, 0.25) is 0 Å². The van der Waals surface area contributed by atoms with Gasteiger partial charge in [0.15, 0.2) is 0 Å². The summed E-state index contributed by atoms with van der Waals surface area (Å²) >= 11 is 9.78. The van der Waals surface area contributed by atoms with E-state index in [2.05, 4.69) is 26.6 Å². The largest absolute Gasteiger partial charge is 0.495 e. The first-order valence-electron chi connectivity index (χ1n) is 12.1. The Morgan fingerprint density at radius 3 is 2.46 bits per heavy atom. The molecule has 2 atom stereocenters. The Labute approximate surface area is 239 Å². The zero-order valence-corrected chi connectivity index (χ0v) is 23.4. The first kappa shape index (κ1) is 28.3. The van der Waals surface area contributed by atoms with Gasteiger partial charge in [0.25, 0.3) is 0 Å². The highest BCUT2D eigenvalue weighted by atomic mass is 79.9. The molecule has 0 saturated carbocycles. The molecule has 0 aliphatic carbocycles. The molecule has 4 rings (SSSR count). The number of urea groups is 1. The third-order valence-corrected chi connectivity index (χ3v) is 7.23. The monoisotopic (exact) mass is 615 g/mol. The van der Waals surface area contributed by atoms with Crippen LogP contribution in [0.1, 0.15) is 22.3 Å². The number of hydrogen-bond donors (Lipinski definition) is 3. The molecule has 3 aromatic rings. The molecule has 0 spiro atoms. The molecule has 0 radical (unpaired) electrons. The summed E-state index contributed by atoms with van der Waals surface area (Å²) in [4.78, 5) is 38.5. The Hall–Kier alpha value is -3.76. The second kappa shape index (κ2) is 12.9. The van der Waals surface area contributed by atoms with Crippen LogP contribution in [0.5, 0.6) is 11.5 Å². The van der Waals surface area contributed by atoms with Gasteiger partial charge in [0.1, 0.15) is 18.1 Å². The van der Waals surface area contributed by atoms with Crippen LogP contribution in [0, 0.1) is 0 Å². The van der Waals surface area contributed by atoms with E-state index in [1.165, 1.54) is 19.2 Å². The fraction of sp³-hybridized carbons (Fsp3) is 0.250. The predicted octanol–water partition coefficient (Wildman–Crippen LogP) is 5.63. The molecule has 39 heavy (non-hydrogen) atoms. The molecule has 1 aliphatic heterocycles. The van der Waals surface area contributed by atoms with Gasteiger partial charge in [-0.05, 0) is 76.4 Å². The number of carbonyl (C=O) groups excluding carboxylic acids is 2. The highest BCUT2D eigenvalue weighted by molar-refractivity contribution is 9.10. The molecule has 1 aliphatic rings. The topological polar surface area (TPSA) is 117 Å². The fourth-order valence-corrected chi connectivity index (χ4v) is 5.01. The van der Waals surface area contributed by atoms with E-state index in [4.69, 9.17) is 26.2 Å².